The number of rotatable bonds is 2. The van der Waals surface area contributed by atoms with Crippen LogP contribution in [-0.2, 0) is 7.05 Å². The number of ether oxygens (including phenoxy) is 1. The van der Waals surface area contributed by atoms with E-state index >= 15 is 0 Å². The summed E-state index contributed by atoms with van der Waals surface area (Å²) in [5, 5.41) is 13.3. The Morgan fingerprint density at radius 3 is 2.78 bits per heavy atom. The van der Waals surface area contributed by atoms with Crippen LogP contribution in [0.4, 0.5) is 8.78 Å². The third-order valence-electron chi connectivity index (χ3n) is 6.68. The lowest BCUT2D eigenvalue weighted by Crippen LogP contribution is -2.30. The number of aromatic nitrogens is 4. The van der Waals surface area contributed by atoms with E-state index in [1.807, 2.05) is 28.8 Å². The molecule has 0 radical (unpaired) electrons. The van der Waals surface area contributed by atoms with Crippen LogP contribution in [0, 0.1) is 23.2 Å². The minimum atomic E-state index is -3.02. The minimum absolute atomic E-state index is 0.0128. The van der Waals surface area contributed by atoms with Gasteiger partial charge in [-0.3, -0.25) is 9.48 Å². The van der Waals surface area contributed by atoms with Gasteiger partial charge >= 0.3 is 6.61 Å². The number of benzene rings is 2. The Labute approximate surface area is 204 Å². The standard InChI is InChI=1S/C26H18F2N6O2/c1-32-13-15(18(12-29)31-32)8-6-14-7-9-17-19(10-14)34-20-11-21(24(34)30-17)33(2)25(35)16-4-3-5-22(23(16)20)36-26(27)28/h3-5,7,9-10,13,20-21,26H,11H2,1-2H3. The van der Waals surface area contributed by atoms with Crippen molar-refractivity contribution in [1.29, 1.82) is 5.26 Å². The van der Waals surface area contributed by atoms with E-state index in [1.165, 1.54) is 10.7 Å². The molecule has 6 rings (SSSR count). The number of halogens is 2. The topological polar surface area (TPSA) is 89.0 Å². The van der Waals surface area contributed by atoms with Crippen molar-refractivity contribution < 1.29 is 18.3 Å². The van der Waals surface area contributed by atoms with Gasteiger partial charge in [-0.15, -0.1) is 0 Å². The number of hydrogen-bond donors (Lipinski definition) is 0. The molecule has 10 heteroatoms. The number of fused-ring (bicyclic) bond motifs is 9. The third kappa shape index (κ3) is 3.23. The van der Waals surface area contributed by atoms with Crippen LogP contribution in [0.1, 0.15) is 57.1 Å². The third-order valence-corrected chi connectivity index (χ3v) is 6.68. The lowest BCUT2D eigenvalue weighted by atomic mass is 9.97. The van der Waals surface area contributed by atoms with E-state index < -0.39 is 12.7 Å². The highest BCUT2D eigenvalue weighted by molar-refractivity contribution is 5.97. The van der Waals surface area contributed by atoms with Gasteiger partial charge in [0.25, 0.3) is 5.91 Å². The van der Waals surface area contributed by atoms with Crippen molar-refractivity contribution in [2.45, 2.75) is 25.1 Å². The molecule has 2 bridgehead atoms. The van der Waals surface area contributed by atoms with Crippen molar-refractivity contribution in [3.63, 3.8) is 0 Å². The molecule has 0 N–H and O–H groups in total. The molecule has 36 heavy (non-hydrogen) atoms. The van der Waals surface area contributed by atoms with Crippen molar-refractivity contribution in [3.8, 4) is 23.7 Å². The number of hydrogen-bond acceptors (Lipinski definition) is 5. The summed E-state index contributed by atoms with van der Waals surface area (Å²) in [6.07, 6.45) is 2.18. The van der Waals surface area contributed by atoms with Gasteiger partial charge in [0, 0.05) is 43.4 Å². The van der Waals surface area contributed by atoms with Crippen LogP contribution in [0.3, 0.4) is 0 Å². The summed E-state index contributed by atoms with van der Waals surface area (Å²) in [7, 11) is 3.42. The lowest BCUT2D eigenvalue weighted by Gasteiger charge is -2.24. The van der Waals surface area contributed by atoms with E-state index in [1.54, 1.807) is 37.3 Å². The normalized spacial score (nSPS) is 17.9. The average Bonchev–Trinajstić information content (AvgIpc) is 3.50. The highest BCUT2D eigenvalue weighted by atomic mass is 19.3. The molecule has 1 amide bonds. The zero-order valence-corrected chi connectivity index (χ0v) is 19.2. The van der Waals surface area contributed by atoms with Crippen molar-refractivity contribution in [2.24, 2.45) is 7.05 Å². The molecule has 2 atom stereocenters. The molecule has 2 aliphatic heterocycles. The fourth-order valence-electron chi connectivity index (χ4n) is 5.16. The quantitative estimate of drug-likeness (QED) is 0.404. The van der Waals surface area contributed by atoms with Crippen molar-refractivity contribution in [1.82, 2.24) is 24.2 Å². The number of aryl methyl sites for hydroxylation is 1. The zero-order chi connectivity index (χ0) is 25.1. The van der Waals surface area contributed by atoms with Crippen LogP contribution in [-0.4, -0.2) is 43.8 Å². The Bertz CT molecular complexity index is 1670. The first-order valence-corrected chi connectivity index (χ1v) is 11.2. The van der Waals surface area contributed by atoms with Crippen LogP contribution in [0.25, 0.3) is 11.0 Å². The molecular formula is C26H18F2N6O2. The summed E-state index contributed by atoms with van der Waals surface area (Å²) in [6, 6.07) is 11.5. The van der Waals surface area contributed by atoms with Gasteiger partial charge < -0.3 is 14.2 Å². The van der Waals surface area contributed by atoms with Gasteiger partial charge in [0.15, 0.2) is 5.69 Å². The van der Waals surface area contributed by atoms with Crippen LogP contribution in [0.15, 0.2) is 42.6 Å². The lowest BCUT2D eigenvalue weighted by molar-refractivity contribution is -0.0507. The molecule has 0 saturated carbocycles. The maximum absolute atomic E-state index is 13.3. The number of nitriles is 1. The van der Waals surface area contributed by atoms with Gasteiger partial charge in [0.05, 0.1) is 28.7 Å². The van der Waals surface area contributed by atoms with Crippen LogP contribution >= 0.6 is 0 Å². The second-order valence-corrected chi connectivity index (χ2v) is 8.75. The van der Waals surface area contributed by atoms with E-state index in [9.17, 15) is 18.8 Å². The Kier molecular flexibility index (Phi) is 4.80. The first kappa shape index (κ1) is 21.8. The zero-order valence-electron chi connectivity index (χ0n) is 19.2. The van der Waals surface area contributed by atoms with Gasteiger partial charge in [0.2, 0.25) is 0 Å². The predicted molar refractivity (Wildman–Crippen MR) is 124 cm³/mol. The van der Waals surface area contributed by atoms with Gasteiger partial charge in [-0.1, -0.05) is 17.9 Å². The molecule has 4 heterocycles. The number of carbonyl (C=O) groups is 1. The maximum Gasteiger partial charge on any atom is 0.387 e. The molecule has 4 aromatic rings. The number of nitrogens with zero attached hydrogens (tertiary/aromatic N) is 6. The first-order valence-electron chi connectivity index (χ1n) is 11.2. The SMILES string of the molecule is CN1C(=O)c2cccc(OC(F)F)c2C2CC1c1nc3ccc(C#Cc4cn(C)nc4C#N)cc3n12. The smallest absolute Gasteiger partial charge is 0.387 e. The molecule has 8 nitrogen and oxygen atoms in total. The van der Waals surface area contributed by atoms with E-state index in [2.05, 4.69) is 16.9 Å². The minimum Gasteiger partial charge on any atom is -0.434 e. The predicted octanol–water partition coefficient (Wildman–Crippen LogP) is 3.76. The fraction of sp³-hybridized carbons (Fsp3) is 0.231. The van der Waals surface area contributed by atoms with E-state index in [0.29, 0.717) is 40.0 Å². The van der Waals surface area contributed by atoms with E-state index in [4.69, 9.17) is 9.72 Å². The summed E-state index contributed by atoms with van der Waals surface area (Å²) in [4.78, 5) is 19.6. The number of amides is 1. The summed E-state index contributed by atoms with van der Waals surface area (Å²) < 4.78 is 34.9. The van der Waals surface area contributed by atoms with Gasteiger partial charge in [0.1, 0.15) is 17.6 Å². The highest BCUT2D eigenvalue weighted by Crippen LogP contribution is 2.49. The van der Waals surface area contributed by atoms with Crippen molar-refractivity contribution in [2.75, 3.05) is 7.05 Å². The van der Waals surface area contributed by atoms with Gasteiger partial charge in [-0.2, -0.15) is 19.1 Å². The first-order chi connectivity index (χ1) is 17.4. The van der Waals surface area contributed by atoms with Gasteiger partial charge in [-0.05, 0) is 30.3 Å². The van der Waals surface area contributed by atoms with Crippen molar-refractivity contribution in [3.05, 3.63) is 76.4 Å². The van der Waals surface area contributed by atoms with Crippen LogP contribution < -0.4 is 4.74 Å². The molecule has 0 spiro atoms. The maximum atomic E-state index is 13.3. The van der Waals surface area contributed by atoms with Crippen molar-refractivity contribution >= 4 is 16.9 Å². The Morgan fingerprint density at radius 1 is 1.17 bits per heavy atom. The summed E-state index contributed by atoms with van der Waals surface area (Å²) in [5.74, 6) is 6.50. The molecule has 2 aromatic carbocycles. The molecule has 2 unspecified atom stereocenters. The van der Waals surface area contributed by atoms with Crippen LogP contribution in [0.2, 0.25) is 0 Å². The van der Waals surface area contributed by atoms with Crippen LogP contribution in [0.5, 0.6) is 5.75 Å². The highest BCUT2D eigenvalue weighted by Gasteiger charge is 2.45. The summed E-state index contributed by atoms with van der Waals surface area (Å²) in [6.45, 7) is -3.02. The summed E-state index contributed by atoms with van der Waals surface area (Å²) in [5.41, 5.74) is 3.72. The second-order valence-electron chi connectivity index (χ2n) is 8.75. The Morgan fingerprint density at radius 2 is 2.00 bits per heavy atom. The Balaban J connectivity index is 1.52. The molecule has 2 aliphatic rings. The molecule has 2 aromatic heterocycles. The number of alkyl halides is 2. The average molecular weight is 484 g/mol. The monoisotopic (exact) mass is 484 g/mol. The largest absolute Gasteiger partial charge is 0.434 e. The summed E-state index contributed by atoms with van der Waals surface area (Å²) >= 11 is 0. The second kappa shape index (κ2) is 7.92. The van der Waals surface area contributed by atoms with Gasteiger partial charge in [-0.25, -0.2) is 4.98 Å². The van der Waals surface area contributed by atoms with E-state index in [-0.39, 0.29) is 23.4 Å². The molecule has 0 saturated heterocycles. The molecular weight excluding hydrogens is 466 g/mol. The molecule has 0 aliphatic carbocycles. The number of imidazole rings is 1. The molecule has 0 fully saturated rings. The molecule has 178 valence electrons. The van der Waals surface area contributed by atoms with E-state index in [0.717, 1.165) is 5.52 Å². The number of carbonyl (C=O) groups excluding carboxylic acids is 1. The fourth-order valence-corrected chi connectivity index (χ4v) is 5.16. The Hall–Kier alpha value is -4.70.